The summed E-state index contributed by atoms with van der Waals surface area (Å²) >= 11 is 0. The highest BCUT2D eigenvalue weighted by atomic mass is 35.7. The van der Waals surface area contributed by atoms with Crippen LogP contribution in [0, 0.1) is 5.82 Å². The zero-order valence-corrected chi connectivity index (χ0v) is 11.3. The minimum absolute atomic E-state index is 0.241. The van der Waals surface area contributed by atoms with Crippen LogP contribution in [0.3, 0.4) is 0 Å². The second-order valence-electron chi connectivity index (χ2n) is 3.80. The van der Waals surface area contributed by atoms with E-state index in [0.717, 1.165) is 17.7 Å². The summed E-state index contributed by atoms with van der Waals surface area (Å²) in [6.07, 6.45) is 0. The predicted molar refractivity (Wildman–Crippen MR) is 70.2 cm³/mol. The van der Waals surface area contributed by atoms with Crippen LogP contribution in [0.2, 0.25) is 0 Å². The molecule has 0 fully saturated rings. The molecule has 2 aromatic carbocycles. The van der Waals surface area contributed by atoms with Crippen molar-refractivity contribution in [1.82, 2.24) is 0 Å². The molecule has 0 heterocycles. The van der Waals surface area contributed by atoms with Crippen molar-refractivity contribution in [2.45, 2.75) is 11.5 Å². The fourth-order valence-electron chi connectivity index (χ4n) is 1.51. The lowest BCUT2D eigenvalue weighted by Crippen LogP contribution is -1.98. The third kappa shape index (κ3) is 3.68. The fraction of sp³-hybridized carbons (Fsp3) is 0.0769. The number of hydrogen-bond acceptors (Lipinski definition) is 3. The van der Waals surface area contributed by atoms with Crippen molar-refractivity contribution >= 4 is 19.7 Å². The molecule has 0 spiro atoms. The van der Waals surface area contributed by atoms with E-state index in [4.69, 9.17) is 15.4 Å². The fourth-order valence-corrected chi connectivity index (χ4v) is 2.41. The minimum atomic E-state index is -4.08. The largest absolute Gasteiger partial charge is 0.489 e. The van der Waals surface area contributed by atoms with Gasteiger partial charge in [0, 0.05) is 16.7 Å². The lowest BCUT2D eigenvalue weighted by molar-refractivity contribution is 0.304. The van der Waals surface area contributed by atoms with Crippen LogP contribution in [-0.2, 0) is 15.7 Å². The average molecular weight is 301 g/mol. The van der Waals surface area contributed by atoms with Crippen LogP contribution in [0.15, 0.2) is 53.4 Å². The molecule has 0 aliphatic rings. The molecule has 6 heteroatoms. The highest BCUT2D eigenvalue weighted by Gasteiger charge is 2.16. The van der Waals surface area contributed by atoms with Crippen molar-refractivity contribution < 1.29 is 17.5 Å². The number of rotatable bonds is 4. The normalized spacial score (nSPS) is 11.3. The molecule has 0 aromatic heterocycles. The summed E-state index contributed by atoms with van der Waals surface area (Å²) in [6, 6.07) is 12.8. The van der Waals surface area contributed by atoms with Gasteiger partial charge in [0.15, 0.2) is 0 Å². The van der Waals surface area contributed by atoms with Gasteiger partial charge in [0.1, 0.15) is 23.1 Å². The van der Waals surface area contributed by atoms with E-state index in [1.807, 2.05) is 30.3 Å². The molecule has 0 saturated carbocycles. The van der Waals surface area contributed by atoms with E-state index in [1.54, 1.807) is 0 Å². The molecular formula is C13H10ClFO3S. The molecule has 0 bridgehead atoms. The Balaban J connectivity index is 2.13. The Morgan fingerprint density at radius 3 is 2.37 bits per heavy atom. The van der Waals surface area contributed by atoms with E-state index in [2.05, 4.69) is 0 Å². The summed E-state index contributed by atoms with van der Waals surface area (Å²) in [5.74, 6) is -0.689. The molecule has 2 rings (SSSR count). The standard InChI is InChI=1S/C13H10ClFO3S/c14-19(16,17)13-7-6-11(8-12(13)15)18-9-10-4-2-1-3-5-10/h1-8H,9H2. The Kier molecular flexibility index (Phi) is 4.07. The molecule has 0 saturated heterocycles. The summed E-state index contributed by atoms with van der Waals surface area (Å²) in [4.78, 5) is -0.554. The lowest BCUT2D eigenvalue weighted by Gasteiger charge is -2.07. The van der Waals surface area contributed by atoms with Crippen LogP contribution >= 0.6 is 10.7 Å². The molecule has 19 heavy (non-hydrogen) atoms. The van der Waals surface area contributed by atoms with Crippen LogP contribution in [-0.4, -0.2) is 8.42 Å². The molecule has 100 valence electrons. The van der Waals surface area contributed by atoms with Gasteiger partial charge in [-0.15, -0.1) is 0 Å². The van der Waals surface area contributed by atoms with Crippen LogP contribution in [0.4, 0.5) is 4.39 Å². The van der Waals surface area contributed by atoms with Gasteiger partial charge in [-0.2, -0.15) is 0 Å². The third-order valence-electron chi connectivity index (χ3n) is 2.41. The van der Waals surface area contributed by atoms with Crippen molar-refractivity contribution in [2.75, 3.05) is 0 Å². The first-order valence-corrected chi connectivity index (χ1v) is 7.69. The van der Waals surface area contributed by atoms with E-state index < -0.39 is 19.8 Å². The Morgan fingerprint density at radius 1 is 1.11 bits per heavy atom. The molecule has 0 unspecified atom stereocenters. The van der Waals surface area contributed by atoms with Gasteiger partial charge in [0.25, 0.3) is 9.05 Å². The van der Waals surface area contributed by atoms with Crippen molar-refractivity contribution in [3.8, 4) is 5.75 Å². The van der Waals surface area contributed by atoms with Gasteiger partial charge >= 0.3 is 0 Å². The SMILES string of the molecule is O=S(=O)(Cl)c1ccc(OCc2ccccc2)cc1F. The summed E-state index contributed by atoms with van der Waals surface area (Å²) in [6.45, 7) is 0.271. The van der Waals surface area contributed by atoms with Crippen LogP contribution in [0.5, 0.6) is 5.75 Å². The van der Waals surface area contributed by atoms with Gasteiger partial charge in [0.2, 0.25) is 0 Å². The van der Waals surface area contributed by atoms with Gasteiger partial charge in [-0.25, -0.2) is 12.8 Å². The second-order valence-corrected chi connectivity index (χ2v) is 6.34. The molecular weight excluding hydrogens is 291 g/mol. The molecule has 3 nitrogen and oxygen atoms in total. The number of benzene rings is 2. The molecule has 2 aromatic rings. The first-order valence-electron chi connectivity index (χ1n) is 5.38. The predicted octanol–water partition coefficient (Wildman–Crippen LogP) is 3.33. The van der Waals surface area contributed by atoms with E-state index in [1.165, 1.54) is 6.07 Å². The topological polar surface area (TPSA) is 43.4 Å². The molecule has 0 atom stereocenters. The van der Waals surface area contributed by atoms with Crippen LogP contribution < -0.4 is 4.74 Å². The Labute approximate surface area is 115 Å². The zero-order chi connectivity index (χ0) is 13.9. The maximum atomic E-state index is 13.5. The highest BCUT2D eigenvalue weighted by molar-refractivity contribution is 8.13. The van der Waals surface area contributed by atoms with Gasteiger partial charge in [-0.3, -0.25) is 0 Å². The van der Waals surface area contributed by atoms with E-state index >= 15 is 0 Å². The second kappa shape index (κ2) is 5.59. The van der Waals surface area contributed by atoms with E-state index in [-0.39, 0.29) is 12.4 Å². The Morgan fingerprint density at radius 2 is 1.79 bits per heavy atom. The van der Waals surface area contributed by atoms with E-state index in [0.29, 0.717) is 0 Å². The molecule has 0 N–H and O–H groups in total. The minimum Gasteiger partial charge on any atom is -0.489 e. The summed E-state index contributed by atoms with van der Waals surface area (Å²) < 4.78 is 40.9. The van der Waals surface area contributed by atoms with Crippen molar-refractivity contribution in [3.05, 3.63) is 59.9 Å². The van der Waals surface area contributed by atoms with Crippen molar-refractivity contribution in [3.63, 3.8) is 0 Å². The first-order chi connectivity index (χ1) is 8.97. The van der Waals surface area contributed by atoms with Gasteiger partial charge in [-0.1, -0.05) is 30.3 Å². The van der Waals surface area contributed by atoms with Crippen molar-refractivity contribution in [1.29, 1.82) is 0 Å². The average Bonchev–Trinajstić information content (AvgIpc) is 2.36. The van der Waals surface area contributed by atoms with Gasteiger partial charge in [-0.05, 0) is 17.7 Å². The highest BCUT2D eigenvalue weighted by Crippen LogP contribution is 2.23. The Hall–Kier alpha value is -1.59. The molecule has 0 aliphatic heterocycles. The monoisotopic (exact) mass is 300 g/mol. The lowest BCUT2D eigenvalue weighted by atomic mass is 10.2. The maximum Gasteiger partial charge on any atom is 0.264 e. The smallest absolute Gasteiger partial charge is 0.264 e. The number of hydrogen-bond donors (Lipinski definition) is 0. The molecule has 0 aliphatic carbocycles. The summed E-state index contributed by atoms with van der Waals surface area (Å²) in [5.41, 5.74) is 0.928. The molecule has 0 amide bonds. The number of ether oxygens (including phenoxy) is 1. The van der Waals surface area contributed by atoms with Crippen molar-refractivity contribution in [2.24, 2.45) is 0 Å². The maximum absolute atomic E-state index is 13.5. The number of halogens is 2. The van der Waals surface area contributed by atoms with Crippen LogP contribution in [0.25, 0.3) is 0 Å². The third-order valence-corrected chi connectivity index (χ3v) is 3.77. The Bertz CT molecular complexity index is 672. The zero-order valence-electron chi connectivity index (χ0n) is 9.71. The van der Waals surface area contributed by atoms with Crippen LogP contribution in [0.1, 0.15) is 5.56 Å². The quantitative estimate of drug-likeness (QED) is 0.814. The summed E-state index contributed by atoms with van der Waals surface area (Å²) in [7, 11) is 1.00. The van der Waals surface area contributed by atoms with Gasteiger partial charge < -0.3 is 4.74 Å². The first kappa shape index (κ1) is 13.8. The van der Waals surface area contributed by atoms with Gasteiger partial charge in [0.05, 0.1) is 0 Å². The van der Waals surface area contributed by atoms with E-state index in [9.17, 15) is 12.8 Å². The summed E-state index contributed by atoms with van der Waals surface area (Å²) in [5, 5.41) is 0. The molecule has 0 radical (unpaired) electrons.